The molecule has 0 saturated heterocycles. The lowest BCUT2D eigenvalue weighted by atomic mass is 9.96. The number of rotatable bonds is 9. The molecule has 6 heteroatoms. The van der Waals surface area contributed by atoms with E-state index in [0.717, 1.165) is 35.8 Å². The van der Waals surface area contributed by atoms with Gasteiger partial charge in [0.25, 0.3) is 0 Å². The summed E-state index contributed by atoms with van der Waals surface area (Å²) in [6.45, 7) is 6.59. The van der Waals surface area contributed by atoms with E-state index in [1.54, 1.807) is 13.8 Å². The maximum absolute atomic E-state index is 11.5. The van der Waals surface area contributed by atoms with Crippen LogP contribution in [0.1, 0.15) is 19.4 Å². The summed E-state index contributed by atoms with van der Waals surface area (Å²) in [5.41, 5.74) is 0.769. The third-order valence-corrected chi connectivity index (χ3v) is 4.83. The van der Waals surface area contributed by atoms with Gasteiger partial charge in [-0.25, -0.2) is 4.79 Å². The number of para-hydroxylation sites is 2. The standard InChI is InChI=1S/C22H27NO5/c1-3-28-22(2,21(24)25)16-17-8-10-18(11-9-17)26-14-12-23-13-15-27-20-7-5-4-6-19(20)23/h4-11H,3,12-16H2,1-2H3,(H,24,25). The quantitative estimate of drug-likeness (QED) is 0.714. The minimum atomic E-state index is -1.22. The number of carbonyl (C=O) groups is 1. The molecule has 2 aromatic rings. The van der Waals surface area contributed by atoms with Gasteiger partial charge in [0.05, 0.1) is 18.8 Å². The van der Waals surface area contributed by atoms with Crippen LogP contribution in [-0.2, 0) is 16.0 Å². The molecule has 1 aliphatic rings. The Balaban J connectivity index is 1.53. The summed E-state index contributed by atoms with van der Waals surface area (Å²) in [5.74, 6) is 0.716. The highest BCUT2D eigenvalue weighted by molar-refractivity contribution is 5.77. The molecule has 1 heterocycles. The van der Waals surface area contributed by atoms with Gasteiger partial charge in [-0.15, -0.1) is 0 Å². The van der Waals surface area contributed by atoms with Crippen LogP contribution in [0.2, 0.25) is 0 Å². The van der Waals surface area contributed by atoms with Gasteiger partial charge in [0.1, 0.15) is 24.7 Å². The zero-order chi connectivity index (χ0) is 20.0. The number of hydrogen-bond donors (Lipinski definition) is 1. The van der Waals surface area contributed by atoms with E-state index in [0.29, 0.717) is 26.2 Å². The summed E-state index contributed by atoms with van der Waals surface area (Å²) in [5, 5.41) is 9.43. The van der Waals surface area contributed by atoms with Crippen LogP contribution >= 0.6 is 0 Å². The lowest BCUT2D eigenvalue weighted by Gasteiger charge is -2.31. The van der Waals surface area contributed by atoms with E-state index in [9.17, 15) is 9.90 Å². The highest BCUT2D eigenvalue weighted by Crippen LogP contribution is 2.30. The van der Waals surface area contributed by atoms with Crippen molar-refractivity contribution in [3.63, 3.8) is 0 Å². The molecule has 2 aromatic carbocycles. The fourth-order valence-corrected chi connectivity index (χ4v) is 3.33. The fraction of sp³-hybridized carbons (Fsp3) is 0.409. The highest BCUT2D eigenvalue weighted by Gasteiger charge is 2.33. The number of ether oxygens (including phenoxy) is 3. The number of carboxylic acids is 1. The first kappa shape index (κ1) is 20.0. The Bertz CT molecular complexity index is 792. The first-order valence-corrected chi connectivity index (χ1v) is 9.58. The molecule has 0 amide bonds. The lowest BCUT2D eigenvalue weighted by Crippen LogP contribution is -2.40. The zero-order valence-corrected chi connectivity index (χ0v) is 16.4. The number of nitrogens with zero attached hydrogens (tertiary/aromatic N) is 1. The topological polar surface area (TPSA) is 68.2 Å². The normalized spacial score (nSPS) is 15.3. The molecular formula is C22H27NO5. The minimum Gasteiger partial charge on any atom is -0.492 e. The van der Waals surface area contributed by atoms with Crippen LogP contribution in [0.4, 0.5) is 5.69 Å². The van der Waals surface area contributed by atoms with Gasteiger partial charge in [-0.1, -0.05) is 24.3 Å². The van der Waals surface area contributed by atoms with Crippen molar-refractivity contribution in [1.29, 1.82) is 0 Å². The van der Waals surface area contributed by atoms with E-state index in [1.807, 2.05) is 42.5 Å². The average Bonchev–Trinajstić information content (AvgIpc) is 2.69. The molecule has 0 saturated carbocycles. The maximum atomic E-state index is 11.5. The fourth-order valence-electron chi connectivity index (χ4n) is 3.33. The van der Waals surface area contributed by atoms with Crippen molar-refractivity contribution in [2.45, 2.75) is 25.9 Å². The largest absolute Gasteiger partial charge is 0.492 e. The van der Waals surface area contributed by atoms with Crippen molar-refractivity contribution < 1.29 is 24.1 Å². The van der Waals surface area contributed by atoms with Crippen molar-refractivity contribution in [2.24, 2.45) is 0 Å². The van der Waals surface area contributed by atoms with Gasteiger partial charge in [-0.2, -0.15) is 0 Å². The Kier molecular flexibility index (Phi) is 6.41. The van der Waals surface area contributed by atoms with E-state index >= 15 is 0 Å². The van der Waals surface area contributed by atoms with Crippen LogP contribution in [0.25, 0.3) is 0 Å². The van der Waals surface area contributed by atoms with Crippen molar-refractivity contribution >= 4 is 11.7 Å². The molecule has 0 aromatic heterocycles. The lowest BCUT2D eigenvalue weighted by molar-refractivity contribution is -0.162. The van der Waals surface area contributed by atoms with Crippen LogP contribution in [0, 0.1) is 0 Å². The van der Waals surface area contributed by atoms with E-state index in [-0.39, 0.29) is 0 Å². The monoisotopic (exact) mass is 385 g/mol. The van der Waals surface area contributed by atoms with E-state index in [4.69, 9.17) is 14.2 Å². The number of carboxylic acid groups (broad SMARTS) is 1. The Morgan fingerprint density at radius 1 is 1.21 bits per heavy atom. The summed E-state index contributed by atoms with van der Waals surface area (Å²) in [6, 6.07) is 15.5. The average molecular weight is 385 g/mol. The summed E-state index contributed by atoms with van der Waals surface area (Å²) >= 11 is 0. The number of benzene rings is 2. The van der Waals surface area contributed by atoms with E-state index in [1.165, 1.54) is 0 Å². The smallest absolute Gasteiger partial charge is 0.336 e. The molecule has 0 spiro atoms. The molecule has 1 N–H and O–H groups in total. The van der Waals surface area contributed by atoms with Gasteiger partial charge in [-0.3, -0.25) is 0 Å². The summed E-state index contributed by atoms with van der Waals surface area (Å²) in [6.07, 6.45) is 0.307. The van der Waals surface area contributed by atoms with Crippen LogP contribution in [0.3, 0.4) is 0 Å². The third kappa shape index (κ3) is 4.75. The third-order valence-electron chi connectivity index (χ3n) is 4.83. The van der Waals surface area contributed by atoms with Gasteiger partial charge in [0.15, 0.2) is 5.60 Å². The summed E-state index contributed by atoms with van der Waals surface area (Å²) < 4.78 is 17.0. The molecule has 0 aliphatic carbocycles. The van der Waals surface area contributed by atoms with E-state index < -0.39 is 11.6 Å². The molecule has 3 rings (SSSR count). The van der Waals surface area contributed by atoms with Crippen molar-refractivity contribution in [3.05, 3.63) is 54.1 Å². The summed E-state index contributed by atoms with van der Waals surface area (Å²) in [4.78, 5) is 13.8. The first-order valence-electron chi connectivity index (χ1n) is 9.58. The second-order valence-corrected chi connectivity index (χ2v) is 6.94. The van der Waals surface area contributed by atoms with Crippen molar-refractivity contribution in [1.82, 2.24) is 0 Å². The van der Waals surface area contributed by atoms with Crippen LogP contribution < -0.4 is 14.4 Å². The van der Waals surface area contributed by atoms with E-state index in [2.05, 4.69) is 11.0 Å². The highest BCUT2D eigenvalue weighted by atomic mass is 16.5. The van der Waals surface area contributed by atoms with Gasteiger partial charge in [-0.05, 0) is 43.7 Å². The molecule has 0 bridgehead atoms. The van der Waals surface area contributed by atoms with Gasteiger partial charge >= 0.3 is 5.97 Å². The van der Waals surface area contributed by atoms with Gasteiger partial charge in [0.2, 0.25) is 0 Å². The maximum Gasteiger partial charge on any atom is 0.336 e. The first-order chi connectivity index (χ1) is 13.5. The minimum absolute atomic E-state index is 0.307. The van der Waals surface area contributed by atoms with Crippen molar-refractivity contribution in [3.8, 4) is 11.5 Å². The Morgan fingerprint density at radius 2 is 1.96 bits per heavy atom. The second-order valence-electron chi connectivity index (χ2n) is 6.94. The Hall–Kier alpha value is -2.73. The number of anilines is 1. The molecule has 0 fully saturated rings. The molecule has 1 atom stereocenters. The molecule has 1 unspecified atom stereocenters. The van der Waals surface area contributed by atoms with Crippen LogP contribution in [0.15, 0.2) is 48.5 Å². The Labute approximate surface area is 165 Å². The van der Waals surface area contributed by atoms with Gasteiger partial charge in [0, 0.05) is 13.0 Å². The number of fused-ring (bicyclic) bond motifs is 1. The van der Waals surface area contributed by atoms with Gasteiger partial charge < -0.3 is 24.2 Å². The molecule has 28 heavy (non-hydrogen) atoms. The second kappa shape index (κ2) is 8.97. The predicted molar refractivity (Wildman–Crippen MR) is 107 cm³/mol. The zero-order valence-electron chi connectivity index (χ0n) is 16.4. The number of hydrogen-bond acceptors (Lipinski definition) is 5. The predicted octanol–water partition coefficient (Wildman–Crippen LogP) is 3.39. The van der Waals surface area contributed by atoms with Crippen LogP contribution in [0.5, 0.6) is 11.5 Å². The molecule has 0 radical (unpaired) electrons. The Morgan fingerprint density at radius 3 is 2.68 bits per heavy atom. The van der Waals surface area contributed by atoms with Crippen molar-refractivity contribution in [2.75, 3.05) is 37.8 Å². The SMILES string of the molecule is CCOC(C)(Cc1ccc(OCCN2CCOc3ccccc32)cc1)C(=O)O. The summed E-state index contributed by atoms with van der Waals surface area (Å²) in [7, 11) is 0. The molecular weight excluding hydrogens is 358 g/mol. The van der Waals surface area contributed by atoms with Crippen LogP contribution in [-0.4, -0.2) is 49.6 Å². The molecule has 1 aliphatic heterocycles. The number of aliphatic carboxylic acids is 1. The molecule has 6 nitrogen and oxygen atoms in total. The molecule has 150 valence electrons.